The molecule has 0 radical (unpaired) electrons. The molecular weight excluding hydrogens is 120 g/mol. The molecule has 0 heteroatoms. The van der Waals surface area contributed by atoms with Crippen molar-refractivity contribution in [2.75, 3.05) is 0 Å². The van der Waals surface area contributed by atoms with E-state index in [1.165, 1.54) is 12.8 Å². The Morgan fingerprint density at radius 3 is 2.70 bits per heavy atom. The summed E-state index contributed by atoms with van der Waals surface area (Å²) in [7, 11) is 0. The van der Waals surface area contributed by atoms with Crippen LogP contribution in [0, 0.1) is 23.7 Å². The van der Waals surface area contributed by atoms with Gasteiger partial charge in [0.2, 0.25) is 0 Å². The molecule has 1 aliphatic carbocycles. The van der Waals surface area contributed by atoms with Gasteiger partial charge < -0.3 is 0 Å². The summed E-state index contributed by atoms with van der Waals surface area (Å²) in [6, 6.07) is 0. The zero-order valence-electron chi connectivity index (χ0n) is 6.56. The van der Waals surface area contributed by atoms with Crippen LogP contribution in [0.25, 0.3) is 0 Å². The third kappa shape index (κ3) is 0.778. The maximum Gasteiger partial charge on any atom is 0.0291 e. The first-order valence-electron chi connectivity index (χ1n) is 3.89. The highest BCUT2D eigenvalue weighted by molar-refractivity contribution is 5.15. The van der Waals surface area contributed by atoms with Crippen molar-refractivity contribution >= 4 is 0 Å². The van der Waals surface area contributed by atoms with E-state index in [0.717, 1.165) is 6.42 Å². The molecule has 0 heterocycles. The van der Waals surface area contributed by atoms with Gasteiger partial charge in [-0.1, -0.05) is 13.0 Å². The van der Waals surface area contributed by atoms with Gasteiger partial charge in [-0.25, -0.2) is 0 Å². The normalized spacial score (nSPS) is 37.8. The number of rotatable bonds is 2. The lowest BCUT2D eigenvalue weighted by Crippen LogP contribution is -2.36. The fourth-order valence-electron chi connectivity index (χ4n) is 1.72. The van der Waals surface area contributed by atoms with Crippen molar-refractivity contribution in [2.24, 2.45) is 11.3 Å². The molecule has 10 heavy (non-hydrogen) atoms. The maximum absolute atomic E-state index is 5.36. The molecule has 1 rings (SSSR count). The molecule has 0 aromatic carbocycles. The summed E-state index contributed by atoms with van der Waals surface area (Å²) in [5, 5.41) is 0. The Morgan fingerprint density at radius 2 is 2.60 bits per heavy atom. The van der Waals surface area contributed by atoms with Crippen LogP contribution in [0.2, 0.25) is 0 Å². The van der Waals surface area contributed by atoms with Crippen LogP contribution in [0.3, 0.4) is 0 Å². The van der Waals surface area contributed by atoms with Crippen LogP contribution < -0.4 is 0 Å². The molecule has 1 aliphatic rings. The highest BCUT2D eigenvalue weighted by atomic mass is 14.4. The predicted octanol–water partition coefficient (Wildman–Crippen LogP) is 2.61. The molecule has 0 aliphatic heterocycles. The quantitative estimate of drug-likeness (QED) is 0.402. The molecule has 0 saturated heterocycles. The van der Waals surface area contributed by atoms with E-state index in [1.807, 2.05) is 6.08 Å². The molecule has 0 bridgehead atoms. The molecule has 0 spiro atoms. The van der Waals surface area contributed by atoms with Crippen molar-refractivity contribution < 1.29 is 0 Å². The fraction of sp³-hybridized carbons (Fsp3) is 0.600. The van der Waals surface area contributed by atoms with E-state index in [-0.39, 0.29) is 0 Å². The average Bonchev–Trinajstić information content (AvgIpc) is 1.90. The standard InChI is InChI=1S/C10H14/c1-4-9-7-8-10(9,5-2)6-3/h1,5,9H,2,6-8H2,3H3. The monoisotopic (exact) mass is 134 g/mol. The van der Waals surface area contributed by atoms with Gasteiger partial charge >= 0.3 is 0 Å². The SMILES string of the molecule is C#CC1CCC1(C=C)CC. The summed E-state index contributed by atoms with van der Waals surface area (Å²) >= 11 is 0. The maximum atomic E-state index is 5.36. The first-order chi connectivity index (χ1) is 4.79. The number of hydrogen-bond donors (Lipinski definition) is 0. The Kier molecular flexibility index (Phi) is 1.85. The van der Waals surface area contributed by atoms with Gasteiger partial charge in [-0.05, 0) is 19.3 Å². The lowest BCUT2D eigenvalue weighted by molar-refractivity contribution is 0.130. The van der Waals surface area contributed by atoms with Gasteiger partial charge in [-0.3, -0.25) is 0 Å². The van der Waals surface area contributed by atoms with Crippen LogP contribution in [0.5, 0.6) is 0 Å². The molecule has 0 aromatic heterocycles. The minimum absolute atomic E-state index is 0.300. The zero-order valence-corrected chi connectivity index (χ0v) is 6.56. The first kappa shape index (κ1) is 7.41. The number of allylic oxidation sites excluding steroid dienone is 1. The summed E-state index contributed by atoms with van der Waals surface area (Å²) in [4.78, 5) is 0. The highest BCUT2D eigenvalue weighted by Gasteiger charge is 2.41. The lowest BCUT2D eigenvalue weighted by Gasteiger charge is -2.44. The van der Waals surface area contributed by atoms with Gasteiger partial charge in [-0.2, -0.15) is 0 Å². The first-order valence-corrected chi connectivity index (χ1v) is 3.89. The van der Waals surface area contributed by atoms with Gasteiger partial charge in [0.25, 0.3) is 0 Å². The van der Waals surface area contributed by atoms with Crippen LogP contribution >= 0.6 is 0 Å². The second kappa shape index (κ2) is 2.50. The molecule has 54 valence electrons. The van der Waals surface area contributed by atoms with Crippen LogP contribution in [-0.4, -0.2) is 0 Å². The van der Waals surface area contributed by atoms with E-state index in [0.29, 0.717) is 11.3 Å². The van der Waals surface area contributed by atoms with Gasteiger partial charge in [0.15, 0.2) is 0 Å². The number of terminal acetylenes is 1. The second-order valence-corrected chi connectivity index (χ2v) is 3.05. The molecule has 0 nitrogen and oxygen atoms in total. The second-order valence-electron chi connectivity index (χ2n) is 3.05. The Hall–Kier alpha value is -0.700. The van der Waals surface area contributed by atoms with Crippen molar-refractivity contribution in [1.29, 1.82) is 0 Å². The number of hydrogen-bond acceptors (Lipinski definition) is 0. The van der Waals surface area contributed by atoms with Crippen molar-refractivity contribution in [1.82, 2.24) is 0 Å². The third-order valence-electron chi connectivity index (χ3n) is 2.86. The summed E-state index contributed by atoms with van der Waals surface area (Å²) < 4.78 is 0. The Bertz CT molecular complexity index is 169. The minimum Gasteiger partial charge on any atom is -0.120 e. The summed E-state index contributed by atoms with van der Waals surface area (Å²) in [6.45, 7) is 6.01. The largest absolute Gasteiger partial charge is 0.120 e. The van der Waals surface area contributed by atoms with Crippen molar-refractivity contribution in [3.8, 4) is 12.3 Å². The fourth-order valence-corrected chi connectivity index (χ4v) is 1.72. The van der Waals surface area contributed by atoms with Crippen molar-refractivity contribution in [3.05, 3.63) is 12.7 Å². The van der Waals surface area contributed by atoms with Crippen LogP contribution in [0.15, 0.2) is 12.7 Å². The topological polar surface area (TPSA) is 0 Å². The van der Waals surface area contributed by atoms with Gasteiger partial charge in [0.1, 0.15) is 0 Å². The van der Waals surface area contributed by atoms with Crippen LogP contribution in [0.1, 0.15) is 26.2 Å². The van der Waals surface area contributed by atoms with E-state index in [2.05, 4.69) is 19.4 Å². The molecule has 1 saturated carbocycles. The Labute approximate surface area is 63.3 Å². The molecule has 2 unspecified atom stereocenters. The van der Waals surface area contributed by atoms with Crippen molar-refractivity contribution in [3.63, 3.8) is 0 Å². The lowest BCUT2D eigenvalue weighted by atomic mass is 9.59. The predicted molar refractivity (Wildman–Crippen MR) is 44.5 cm³/mol. The minimum atomic E-state index is 0.300. The molecule has 2 atom stereocenters. The molecular formula is C10H14. The zero-order chi connectivity index (χ0) is 7.61. The van der Waals surface area contributed by atoms with E-state index in [4.69, 9.17) is 6.42 Å². The summed E-state index contributed by atoms with van der Waals surface area (Å²) in [6.07, 6.45) is 11.0. The van der Waals surface area contributed by atoms with Gasteiger partial charge in [0.05, 0.1) is 0 Å². The Morgan fingerprint density at radius 1 is 1.90 bits per heavy atom. The van der Waals surface area contributed by atoms with E-state index < -0.39 is 0 Å². The van der Waals surface area contributed by atoms with E-state index in [1.54, 1.807) is 0 Å². The van der Waals surface area contributed by atoms with Gasteiger partial charge in [0, 0.05) is 11.3 Å². The summed E-state index contributed by atoms with van der Waals surface area (Å²) in [5.74, 6) is 3.29. The summed E-state index contributed by atoms with van der Waals surface area (Å²) in [5.41, 5.74) is 0.300. The van der Waals surface area contributed by atoms with Crippen molar-refractivity contribution in [2.45, 2.75) is 26.2 Å². The van der Waals surface area contributed by atoms with E-state index >= 15 is 0 Å². The van der Waals surface area contributed by atoms with Gasteiger partial charge in [-0.15, -0.1) is 18.9 Å². The molecule has 0 amide bonds. The average molecular weight is 134 g/mol. The highest BCUT2D eigenvalue weighted by Crippen LogP contribution is 2.49. The third-order valence-corrected chi connectivity index (χ3v) is 2.86. The van der Waals surface area contributed by atoms with Crippen LogP contribution in [-0.2, 0) is 0 Å². The smallest absolute Gasteiger partial charge is 0.0291 e. The Balaban J connectivity index is 2.68. The molecule has 0 aromatic rings. The molecule has 0 N–H and O–H groups in total. The molecule has 1 fully saturated rings. The van der Waals surface area contributed by atoms with E-state index in [9.17, 15) is 0 Å². The van der Waals surface area contributed by atoms with Crippen LogP contribution in [0.4, 0.5) is 0 Å².